The molecule has 188 valence electrons. The first-order valence-corrected chi connectivity index (χ1v) is 11.0. The number of carbonyl (C=O) groups is 1. The van der Waals surface area contributed by atoms with E-state index in [9.17, 15) is 18.0 Å². The highest BCUT2D eigenvalue weighted by atomic mass is 19.4. The van der Waals surface area contributed by atoms with E-state index in [4.69, 9.17) is 25.7 Å². The second-order valence-electron chi connectivity index (χ2n) is 8.35. The molecule has 1 amide bonds. The van der Waals surface area contributed by atoms with Crippen LogP contribution < -0.4 is 10.5 Å². The Hall–Kier alpha value is -3.53. The molecule has 0 aliphatic carbocycles. The van der Waals surface area contributed by atoms with Crippen molar-refractivity contribution in [3.05, 3.63) is 70.3 Å². The molecule has 7 nitrogen and oxygen atoms in total. The number of rotatable bonds is 8. The molecule has 2 aromatic carbocycles. The molecule has 4 N–H and O–H groups in total. The summed E-state index contributed by atoms with van der Waals surface area (Å²) in [5, 5.41) is 16.8. The number of ether oxygens (including phenoxy) is 2. The Labute approximate surface area is 201 Å². The average molecular weight is 492 g/mol. The van der Waals surface area contributed by atoms with Crippen LogP contribution >= 0.6 is 0 Å². The van der Waals surface area contributed by atoms with Crippen LogP contribution in [-0.2, 0) is 4.74 Å². The summed E-state index contributed by atoms with van der Waals surface area (Å²) in [6.45, 7) is 2.88. The fourth-order valence-corrected chi connectivity index (χ4v) is 3.66. The van der Waals surface area contributed by atoms with E-state index in [1.54, 1.807) is 42.2 Å². The maximum Gasteiger partial charge on any atom is 0.422 e. The maximum absolute atomic E-state index is 13.0. The third-order valence-electron chi connectivity index (χ3n) is 5.78. The van der Waals surface area contributed by atoms with E-state index in [2.05, 4.69) is 0 Å². The Bertz CT molecular complexity index is 1110. The van der Waals surface area contributed by atoms with Crippen molar-refractivity contribution in [2.24, 2.45) is 5.73 Å². The van der Waals surface area contributed by atoms with Crippen LogP contribution in [0.2, 0.25) is 0 Å². The van der Waals surface area contributed by atoms with Gasteiger partial charge in [0.25, 0.3) is 5.91 Å². The monoisotopic (exact) mass is 491 g/mol. The number of aliphatic hydroxyl groups is 1. The van der Waals surface area contributed by atoms with Gasteiger partial charge in [-0.05, 0) is 49.2 Å². The fraction of sp³-hybridized carbons (Fsp3) is 0.360. The number of nitrogens with one attached hydrogen (secondary N) is 1. The van der Waals surface area contributed by atoms with Gasteiger partial charge in [-0.3, -0.25) is 10.2 Å². The quantitative estimate of drug-likeness (QED) is 0.384. The fourth-order valence-electron chi connectivity index (χ4n) is 3.66. The van der Waals surface area contributed by atoms with Gasteiger partial charge in [0.05, 0.1) is 6.61 Å². The van der Waals surface area contributed by atoms with E-state index in [-0.39, 0.29) is 36.7 Å². The van der Waals surface area contributed by atoms with Gasteiger partial charge in [-0.1, -0.05) is 18.2 Å². The Balaban J connectivity index is 1.65. The number of benzene rings is 2. The molecule has 3 rings (SSSR count). The van der Waals surface area contributed by atoms with Crippen molar-refractivity contribution >= 4 is 17.5 Å². The number of alkyl halides is 3. The summed E-state index contributed by atoms with van der Waals surface area (Å²) in [4.78, 5) is 14.7. The first kappa shape index (κ1) is 26.1. The summed E-state index contributed by atoms with van der Waals surface area (Å²) in [6.07, 6.45) is -4.39. The van der Waals surface area contributed by atoms with Gasteiger partial charge in [0.15, 0.2) is 6.61 Å². The van der Waals surface area contributed by atoms with E-state index in [0.717, 1.165) is 11.1 Å². The zero-order chi connectivity index (χ0) is 25.8. The van der Waals surface area contributed by atoms with Gasteiger partial charge in [-0.2, -0.15) is 13.2 Å². The van der Waals surface area contributed by atoms with Crippen LogP contribution in [0.5, 0.6) is 5.75 Å². The molecular formula is C25H28F3N3O4. The number of nitrogens with two attached hydrogens (primary N) is 1. The average Bonchev–Trinajstić information content (AvgIpc) is 2.79. The van der Waals surface area contributed by atoms with Crippen LogP contribution in [0, 0.1) is 12.3 Å². The minimum absolute atomic E-state index is 0.0135. The first-order chi connectivity index (χ1) is 16.5. The highest BCUT2D eigenvalue weighted by Crippen LogP contribution is 2.31. The van der Waals surface area contributed by atoms with Crippen LogP contribution in [0.1, 0.15) is 39.9 Å². The summed E-state index contributed by atoms with van der Waals surface area (Å²) < 4.78 is 46.7. The van der Waals surface area contributed by atoms with Crippen LogP contribution in [0.25, 0.3) is 5.70 Å². The minimum Gasteiger partial charge on any atom is -0.484 e. The second kappa shape index (κ2) is 10.8. The molecule has 0 bridgehead atoms. The molecule has 1 heterocycles. The summed E-state index contributed by atoms with van der Waals surface area (Å²) in [6, 6.07) is 11.6. The van der Waals surface area contributed by atoms with Crippen molar-refractivity contribution in [3.8, 4) is 5.75 Å². The van der Waals surface area contributed by atoms with Gasteiger partial charge in [0, 0.05) is 41.4 Å². The van der Waals surface area contributed by atoms with E-state index in [1.807, 2.05) is 6.92 Å². The summed E-state index contributed by atoms with van der Waals surface area (Å²) in [7, 11) is 0. The molecule has 0 radical (unpaired) electrons. The van der Waals surface area contributed by atoms with Gasteiger partial charge >= 0.3 is 6.18 Å². The number of halogens is 3. The Morgan fingerprint density at radius 2 is 1.86 bits per heavy atom. The van der Waals surface area contributed by atoms with Crippen LogP contribution in [0.15, 0.2) is 48.0 Å². The number of hydrogen-bond donors (Lipinski definition) is 3. The molecule has 1 aliphatic heterocycles. The summed E-state index contributed by atoms with van der Waals surface area (Å²) >= 11 is 0. The molecule has 0 atom stereocenters. The Morgan fingerprint density at radius 1 is 1.20 bits per heavy atom. The van der Waals surface area contributed by atoms with Crippen LogP contribution in [0.3, 0.4) is 0 Å². The van der Waals surface area contributed by atoms with E-state index in [1.165, 1.54) is 12.1 Å². The van der Waals surface area contributed by atoms with Crippen molar-refractivity contribution in [1.82, 2.24) is 4.90 Å². The highest BCUT2D eigenvalue weighted by Gasteiger charge is 2.33. The van der Waals surface area contributed by atoms with Crippen LogP contribution in [0.4, 0.5) is 13.2 Å². The van der Waals surface area contributed by atoms with E-state index < -0.39 is 12.8 Å². The molecule has 0 unspecified atom stereocenters. The zero-order valence-electron chi connectivity index (χ0n) is 19.5. The third kappa shape index (κ3) is 6.54. The maximum atomic E-state index is 13.0. The largest absolute Gasteiger partial charge is 0.484 e. The molecule has 10 heteroatoms. The number of hydrogen-bond acceptors (Lipinski definition) is 6. The molecule has 1 fully saturated rings. The van der Waals surface area contributed by atoms with Gasteiger partial charge in [0.1, 0.15) is 12.4 Å². The number of amides is 1. The van der Waals surface area contributed by atoms with E-state index >= 15 is 0 Å². The second-order valence-corrected chi connectivity index (χ2v) is 8.35. The third-order valence-corrected chi connectivity index (χ3v) is 5.78. The summed E-state index contributed by atoms with van der Waals surface area (Å²) in [5.74, 6) is -0.0871. The highest BCUT2D eigenvalue weighted by molar-refractivity contribution is 6.00. The molecule has 0 aromatic heterocycles. The lowest BCUT2D eigenvalue weighted by molar-refractivity contribution is -0.153. The molecule has 35 heavy (non-hydrogen) atoms. The smallest absolute Gasteiger partial charge is 0.422 e. The molecule has 0 saturated carbocycles. The lowest BCUT2D eigenvalue weighted by atomic mass is 9.90. The number of nitrogens with zero attached hydrogens (tertiary/aromatic N) is 1. The first-order valence-electron chi connectivity index (χ1n) is 11.0. The predicted molar refractivity (Wildman–Crippen MR) is 125 cm³/mol. The number of aryl methyl sites for hydroxylation is 1. The van der Waals surface area contributed by atoms with Crippen molar-refractivity contribution in [2.45, 2.75) is 25.9 Å². The Kier molecular flexibility index (Phi) is 8.06. The molecule has 1 aliphatic rings. The van der Waals surface area contributed by atoms with Crippen molar-refractivity contribution in [3.63, 3.8) is 0 Å². The van der Waals surface area contributed by atoms with Gasteiger partial charge in [-0.25, -0.2) is 0 Å². The molecule has 2 aromatic rings. The minimum atomic E-state index is -4.39. The van der Waals surface area contributed by atoms with Gasteiger partial charge in [-0.15, -0.1) is 0 Å². The van der Waals surface area contributed by atoms with Gasteiger partial charge in [0.2, 0.25) is 5.90 Å². The topological polar surface area (TPSA) is 109 Å². The van der Waals surface area contributed by atoms with E-state index in [0.29, 0.717) is 35.5 Å². The molecule has 1 saturated heterocycles. The normalized spacial score (nSPS) is 14.7. The van der Waals surface area contributed by atoms with Crippen LogP contribution in [-0.4, -0.2) is 60.9 Å². The lowest BCUT2D eigenvalue weighted by Crippen LogP contribution is -2.48. The van der Waals surface area contributed by atoms with Gasteiger partial charge < -0.3 is 25.2 Å². The SMILES string of the molecule is C/C(C(=N)OCCO)=C(/N)c1cc(C(=O)N2CC(c3ccc(OCC(F)(F)F)cc3)C2)ccc1C. The van der Waals surface area contributed by atoms with Crippen molar-refractivity contribution in [1.29, 1.82) is 5.41 Å². The summed E-state index contributed by atoms with van der Waals surface area (Å²) in [5.41, 5.74) is 9.81. The number of aliphatic hydroxyl groups excluding tert-OH is 1. The Morgan fingerprint density at radius 3 is 2.46 bits per heavy atom. The lowest BCUT2D eigenvalue weighted by Gasteiger charge is -2.39. The number of likely N-dealkylation sites (tertiary alicyclic amines) is 1. The van der Waals surface area contributed by atoms with Crippen molar-refractivity contribution < 1.29 is 32.5 Å². The van der Waals surface area contributed by atoms with Crippen molar-refractivity contribution in [2.75, 3.05) is 32.9 Å². The molecule has 0 spiro atoms. The number of carbonyl (C=O) groups excluding carboxylic acids is 1. The predicted octanol–water partition coefficient (Wildman–Crippen LogP) is 3.85. The zero-order valence-corrected chi connectivity index (χ0v) is 19.5. The molecular weight excluding hydrogens is 463 g/mol. The standard InChI is InChI=1S/C25H28F3N3O4/c1-15-3-4-18(11-21(15)22(29)16(2)23(30)34-10-9-32)24(33)31-12-19(13-31)17-5-7-20(8-6-17)35-14-25(26,27)28/h3-8,11,19,30,32H,9-10,12-14,29H2,1-2H3/b22-16-,30-23?.